The first-order valence-electron chi connectivity index (χ1n) is 13.5. The minimum atomic E-state index is -0.393. The molecule has 0 spiro atoms. The largest absolute Gasteiger partial charge is 0.462 e. The number of carbonyl (C=O) groups excluding carboxylic acids is 2. The second-order valence-electron chi connectivity index (χ2n) is 9.74. The van der Waals surface area contributed by atoms with Gasteiger partial charge in [0.25, 0.3) is 5.91 Å². The fraction of sp³-hybridized carbons (Fsp3) is 0.357. The average molecular weight is 575 g/mol. The number of hydrogen-bond acceptors (Lipinski definition) is 12. The van der Waals surface area contributed by atoms with E-state index in [2.05, 4.69) is 31.2 Å². The molecule has 0 aliphatic carbocycles. The van der Waals surface area contributed by atoms with E-state index in [1.54, 1.807) is 37.1 Å². The van der Waals surface area contributed by atoms with Gasteiger partial charge in [-0.3, -0.25) is 15.1 Å². The maximum Gasteiger partial charge on any atom is 0.350 e. The van der Waals surface area contributed by atoms with Crippen LogP contribution >= 0.6 is 11.3 Å². The Labute approximate surface area is 241 Å². The van der Waals surface area contributed by atoms with Crippen LogP contribution < -0.4 is 15.1 Å². The number of piperazine rings is 1. The Morgan fingerprint density at radius 1 is 1.07 bits per heavy atom. The highest BCUT2D eigenvalue weighted by atomic mass is 32.1. The summed E-state index contributed by atoms with van der Waals surface area (Å²) in [5, 5.41) is 3.75. The number of anilines is 4. The fourth-order valence-electron chi connectivity index (χ4n) is 5.09. The molecule has 41 heavy (non-hydrogen) atoms. The highest BCUT2D eigenvalue weighted by molar-refractivity contribution is 7.17. The van der Waals surface area contributed by atoms with Crippen molar-refractivity contribution in [3.05, 3.63) is 70.4 Å². The van der Waals surface area contributed by atoms with Crippen molar-refractivity contribution in [2.75, 3.05) is 54.4 Å². The Morgan fingerprint density at radius 2 is 1.90 bits per heavy atom. The number of amides is 1. The van der Waals surface area contributed by atoms with E-state index < -0.39 is 5.97 Å². The van der Waals surface area contributed by atoms with Crippen molar-refractivity contribution in [1.29, 1.82) is 0 Å². The van der Waals surface area contributed by atoms with Crippen molar-refractivity contribution in [3.8, 4) is 0 Å². The molecule has 1 fully saturated rings. The van der Waals surface area contributed by atoms with Crippen molar-refractivity contribution < 1.29 is 18.7 Å². The molecule has 4 aromatic rings. The van der Waals surface area contributed by atoms with Gasteiger partial charge in [0, 0.05) is 57.2 Å². The zero-order chi connectivity index (χ0) is 28.3. The molecule has 0 unspecified atom stereocenters. The number of pyridine rings is 1. The molecule has 6 heterocycles. The zero-order valence-electron chi connectivity index (χ0n) is 22.9. The minimum absolute atomic E-state index is 0.107. The SMILES string of the molecule is CCOC(=O)c1sc(Nc2nc(N3CCN(C(=O)c4ccco4)CC3)c3c(n2)N(Cc2cccnc2)CC3)nc1C. The molecule has 2 aliphatic rings. The number of ether oxygens (including phenoxy) is 1. The summed E-state index contributed by atoms with van der Waals surface area (Å²) in [7, 11) is 0. The lowest BCUT2D eigenvalue weighted by Gasteiger charge is -2.36. The van der Waals surface area contributed by atoms with Gasteiger partial charge in [-0.05, 0) is 44.0 Å². The second-order valence-corrected chi connectivity index (χ2v) is 10.7. The summed E-state index contributed by atoms with van der Waals surface area (Å²) in [6.07, 6.45) is 5.95. The van der Waals surface area contributed by atoms with Crippen molar-refractivity contribution >= 4 is 45.9 Å². The van der Waals surface area contributed by atoms with E-state index in [9.17, 15) is 9.59 Å². The van der Waals surface area contributed by atoms with Crippen LogP contribution in [0, 0.1) is 6.92 Å². The van der Waals surface area contributed by atoms with E-state index in [0.29, 0.717) is 66.7 Å². The van der Waals surface area contributed by atoms with E-state index in [4.69, 9.17) is 19.1 Å². The molecule has 0 aromatic carbocycles. The molecule has 1 amide bonds. The van der Waals surface area contributed by atoms with E-state index in [1.165, 1.54) is 17.6 Å². The third-order valence-corrected chi connectivity index (χ3v) is 8.12. The molecular weight excluding hydrogens is 544 g/mol. The monoisotopic (exact) mass is 574 g/mol. The van der Waals surface area contributed by atoms with Gasteiger partial charge in [0.1, 0.15) is 16.5 Å². The molecule has 212 valence electrons. The van der Waals surface area contributed by atoms with Gasteiger partial charge in [-0.1, -0.05) is 17.4 Å². The first-order chi connectivity index (χ1) is 20.0. The molecule has 4 aromatic heterocycles. The Morgan fingerprint density at radius 3 is 2.63 bits per heavy atom. The molecule has 1 saturated heterocycles. The van der Waals surface area contributed by atoms with Gasteiger partial charge < -0.3 is 23.9 Å². The highest BCUT2D eigenvalue weighted by Crippen LogP contribution is 2.36. The molecule has 0 saturated carbocycles. The molecule has 13 heteroatoms. The lowest BCUT2D eigenvalue weighted by molar-refractivity contribution is 0.0530. The number of aryl methyl sites for hydroxylation is 1. The van der Waals surface area contributed by atoms with Crippen LogP contribution in [-0.4, -0.2) is 76.0 Å². The molecule has 12 nitrogen and oxygen atoms in total. The summed E-state index contributed by atoms with van der Waals surface area (Å²) in [6, 6.07) is 7.39. The molecule has 2 aliphatic heterocycles. The number of thiazole rings is 1. The normalized spacial score (nSPS) is 14.7. The molecule has 0 atom stereocenters. The molecular formula is C28H30N8O4S. The van der Waals surface area contributed by atoms with Crippen molar-refractivity contribution in [3.63, 3.8) is 0 Å². The first kappa shape index (κ1) is 26.7. The molecule has 1 N–H and O–H groups in total. The van der Waals surface area contributed by atoms with Crippen LogP contribution in [0.25, 0.3) is 0 Å². The first-order valence-corrected chi connectivity index (χ1v) is 14.4. The second kappa shape index (κ2) is 11.5. The van der Waals surface area contributed by atoms with Crippen molar-refractivity contribution in [2.24, 2.45) is 0 Å². The maximum atomic E-state index is 12.8. The predicted molar refractivity (Wildman–Crippen MR) is 154 cm³/mol. The van der Waals surface area contributed by atoms with E-state index >= 15 is 0 Å². The molecule has 0 bridgehead atoms. The molecule has 6 rings (SSSR count). The van der Waals surface area contributed by atoms with Gasteiger partial charge in [0.2, 0.25) is 5.95 Å². The summed E-state index contributed by atoms with van der Waals surface area (Å²) in [4.78, 5) is 50.5. The standard InChI is InChI=1S/C28H30N8O4S/c1-3-39-26(38)22-18(2)30-28(41-22)33-27-31-23(34-11-13-35(14-12-34)25(37)21-7-5-15-40-21)20-8-10-36(24(20)32-27)17-19-6-4-9-29-16-19/h4-7,9,15-16H,3,8,10-14,17H2,1-2H3,(H,30,31,32,33). The third kappa shape index (κ3) is 5.57. The summed E-state index contributed by atoms with van der Waals surface area (Å²) >= 11 is 1.22. The highest BCUT2D eigenvalue weighted by Gasteiger charge is 2.31. The van der Waals surface area contributed by atoms with Crippen LogP contribution in [0.15, 0.2) is 47.3 Å². The number of rotatable bonds is 8. The van der Waals surface area contributed by atoms with Crippen LogP contribution in [-0.2, 0) is 17.7 Å². The van der Waals surface area contributed by atoms with Crippen molar-refractivity contribution in [1.82, 2.24) is 24.8 Å². The number of carbonyl (C=O) groups is 2. The fourth-order valence-corrected chi connectivity index (χ4v) is 5.94. The smallest absolute Gasteiger partial charge is 0.350 e. The summed E-state index contributed by atoms with van der Waals surface area (Å²) in [5.41, 5.74) is 2.76. The van der Waals surface area contributed by atoms with Crippen LogP contribution in [0.1, 0.15) is 44.0 Å². The van der Waals surface area contributed by atoms with E-state index in [-0.39, 0.29) is 5.91 Å². The van der Waals surface area contributed by atoms with Crippen LogP contribution in [0.4, 0.5) is 22.7 Å². The lowest BCUT2D eigenvalue weighted by Crippen LogP contribution is -2.49. The molecule has 0 radical (unpaired) electrons. The Balaban J connectivity index is 1.28. The minimum Gasteiger partial charge on any atom is -0.462 e. The number of furan rings is 1. The number of aromatic nitrogens is 4. The predicted octanol–water partition coefficient (Wildman–Crippen LogP) is 3.67. The van der Waals surface area contributed by atoms with Gasteiger partial charge in [-0.2, -0.15) is 9.97 Å². The number of fused-ring (bicyclic) bond motifs is 1. The number of hydrogen-bond donors (Lipinski definition) is 1. The van der Waals surface area contributed by atoms with Crippen molar-refractivity contribution in [2.45, 2.75) is 26.8 Å². The average Bonchev–Trinajstić information content (AvgIpc) is 3.74. The van der Waals surface area contributed by atoms with Gasteiger partial charge >= 0.3 is 5.97 Å². The number of esters is 1. The van der Waals surface area contributed by atoms with Crippen LogP contribution in [0.2, 0.25) is 0 Å². The van der Waals surface area contributed by atoms with Gasteiger partial charge in [0.05, 0.1) is 18.6 Å². The maximum absolute atomic E-state index is 12.8. The Bertz CT molecular complexity index is 1530. The van der Waals surface area contributed by atoms with E-state index in [1.807, 2.05) is 12.3 Å². The van der Waals surface area contributed by atoms with Crippen LogP contribution in [0.5, 0.6) is 0 Å². The Hall–Kier alpha value is -4.52. The third-order valence-electron chi connectivity index (χ3n) is 7.07. The van der Waals surface area contributed by atoms with Gasteiger partial charge in [0.15, 0.2) is 10.9 Å². The number of nitrogens with one attached hydrogen (secondary N) is 1. The quantitative estimate of drug-likeness (QED) is 0.309. The van der Waals surface area contributed by atoms with Gasteiger partial charge in [-0.15, -0.1) is 0 Å². The summed E-state index contributed by atoms with van der Waals surface area (Å²) < 4.78 is 10.5. The summed E-state index contributed by atoms with van der Waals surface area (Å²) in [6.45, 7) is 7.68. The van der Waals surface area contributed by atoms with Crippen LogP contribution in [0.3, 0.4) is 0 Å². The topological polar surface area (TPSA) is 130 Å². The lowest BCUT2D eigenvalue weighted by atomic mass is 10.2. The van der Waals surface area contributed by atoms with Gasteiger partial charge in [-0.25, -0.2) is 9.78 Å². The number of nitrogens with zero attached hydrogens (tertiary/aromatic N) is 7. The zero-order valence-corrected chi connectivity index (χ0v) is 23.7. The summed E-state index contributed by atoms with van der Waals surface area (Å²) in [5.74, 6) is 1.94. The van der Waals surface area contributed by atoms with E-state index in [0.717, 1.165) is 35.7 Å². The Kier molecular flexibility index (Phi) is 7.51.